The van der Waals surface area contributed by atoms with Crippen molar-refractivity contribution in [3.05, 3.63) is 52.8 Å². The second-order valence-electron chi connectivity index (χ2n) is 5.23. The lowest BCUT2D eigenvalue weighted by Gasteiger charge is -2.16. The Bertz CT molecular complexity index is 825. The number of hydrogen-bond acceptors (Lipinski definition) is 4. The molecule has 0 spiro atoms. The molecular weight excluding hydrogens is 343 g/mol. The summed E-state index contributed by atoms with van der Waals surface area (Å²) in [6.45, 7) is 0.438. The molecule has 0 heterocycles. The molecule has 8 heteroatoms. The molecule has 0 aliphatic carbocycles. The summed E-state index contributed by atoms with van der Waals surface area (Å²) in [4.78, 5) is 1.85. The summed E-state index contributed by atoms with van der Waals surface area (Å²) >= 11 is 5.73. The second kappa shape index (κ2) is 6.84. The molecule has 2 aromatic rings. The van der Waals surface area contributed by atoms with E-state index in [4.69, 9.17) is 21.5 Å². The Labute approximate surface area is 139 Å². The van der Waals surface area contributed by atoms with E-state index in [9.17, 15) is 12.8 Å². The van der Waals surface area contributed by atoms with Crippen molar-refractivity contribution in [2.24, 2.45) is 5.14 Å². The molecule has 0 amide bonds. The van der Waals surface area contributed by atoms with Gasteiger partial charge in [0.1, 0.15) is 17.3 Å². The largest absolute Gasteiger partial charge is 0.457 e. The highest BCUT2D eigenvalue weighted by Gasteiger charge is 2.14. The Hall–Kier alpha value is -1.67. The molecule has 0 atom stereocenters. The fourth-order valence-corrected chi connectivity index (χ4v) is 2.70. The van der Waals surface area contributed by atoms with E-state index in [-0.39, 0.29) is 9.92 Å². The lowest BCUT2D eigenvalue weighted by molar-refractivity contribution is 0.388. The number of nitrogens with two attached hydrogens (primary N) is 1. The Balaban J connectivity index is 2.42. The van der Waals surface area contributed by atoms with Gasteiger partial charge in [-0.2, -0.15) is 0 Å². The van der Waals surface area contributed by atoms with Crippen LogP contribution in [0.2, 0.25) is 5.02 Å². The standard InChI is InChI=1S/C15H16ClFN2O3S/c1-19(2)9-10-7-12(23(18,20)21)4-6-15(10)22-11-3-5-14(17)13(16)8-11/h3-8H,9H2,1-2H3,(H2,18,20,21). The maximum absolute atomic E-state index is 13.2. The minimum absolute atomic E-state index is 0.00108. The number of nitrogens with zero attached hydrogens (tertiary/aromatic N) is 1. The summed E-state index contributed by atoms with van der Waals surface area (Å²) in [6, 6.07) is 8.31. The van der Waals surface area contributed by atoms with E-state index in [0.29, 0.717) is 23.6 Å². The summed E-state index contributed by atoms with van der Waals surface area (Å²) in [5.74, 6) is 0.241. The normalized spacial score (nSPS) is 11.7. The first-order valence-electron chi connectivity index (χ1n) is 6.60. The Morgan fingerprint density at radius 3 is 2.48 bits per heavy atom. The topological polar surface area (TPSA) is 72.6 Å². The van der Waals surface area contributed by atoms with Gasteiger partial charge in [0.15, 0.2) is 0 Å². The van der Waals surface area contributed by atoms with E-state index in [0.717, 1.165) is 0 Å². The van der Waals surface area contributed by atoms with Gasteiger partial charge in [0.25, 0.3) is 0 Å². The zero-order valence-electron chi connectivity index (χ0n) is 12.6. The van der Waals surface area contributed by atoms with Gasteiger partial charge in [-0.25, -0.2) is 17.9 Å². The van der Waals surface area contributed by atoms with Crippen LogP contribution in [0.1, 0.15) is 5.56 Å². The van der Waals surface area contributed by atoms with Crippen molar-refractivity contribution in [1.82, 2.24) is 4.90 Å². The number of primary sulfonamides is 1. The van der Waals surface area contributed by atoms with Crippen LogP contribution in [0, 0.1) is 5.82 Å². The second-order valence-corrected chi connectivity index (χ2v) is 7.20. The van der Waals surface area contributed by atoms with Crippen LogP contribution in [-0.4, -0.2) is 27.4 Å². The number of ether oxygens (including phenoxy) is 1. The van der Waals surface area contributed by atoms with E-state index in [1.807, 2.05) is 19.0 Å². The highest BCUT2D eigenvalue weighted by molar-refractivity contribution is 7.89. The van der Waals surface area contributed by atoms with E-state index in [2.05, 4.69) is 0 Å². The molecule has 0 bridgehead atoms. The van der Waals surface area contributed by atoms with Gasteiger partial charge in [0, 0.05) is 18.2 Å². The summed E-state index contributed by atoms with van der Waals surface area (Å²) < 4.78 is 41.9. The predicted octanol–water partition coefficient (Wildman–Crippen LogP) is 2.98. The van der Waals surface area contributed by atoms with Gasteiger partial charge in [-0.05, 0) is 44.4 Å². The van der Waals surface area contributed by atoms with Gasteiger partial charge in [-0.15, -0.1) is 0 Å². The summed E-state index contributed by atoms with van der Waals surface area (Å²) in [5.41, 5.74) is 0.627. The van der Waals surface area contributed by atoms with E-state index < -0.39 is 15.8 Å². The van der Waals surface area contributed by atoms with Crippen LogP contribution >= 0.6 is 11.6 Å². The van der Waals surface area contributed by atoms with Crippen LogP contribution in [0.3, 0.4) is 0 Å². The molecule has 0 aromatic heterocycles. The van der Waals surface area contributed by atoms with Gasteiger partial charge in [0.2, 0.25) is 10.0 Å². The van der Waals surface area contributed by atoms with Crippen molar-refractivity contribution in [3.63, 3.8) is 0 Å². The molecule has 0 fully saturated rings. The Morgan fingerprint density at radius 1 is 1.22 bits per heavy atom. The molecule has 2 N–H and O–H groups in total. The van der Waals surface area contributed by atoms with Crippen molar-refractivity contribution in [3.8, 4) is 11.5 Å². The van der Waals surface area contributed by atoms with Crippen molar-refractivity contribution >= 4 is 21.6 Å². The van der Waals surface area contributed by atoms with Gasteiger partial charge in [-0.1, -0.05) is 11.6 Å². The molecule has 124 valence electrons. The van der Waals surface area contributed by atoms with Gasteiger partial charge in [-0.3, -0.25) is 0 Å². The van der Waals surface area contributed by atoms with Crippen LogP contribution < -0.4 is 9.88 Å². The number of hydrogen-bond donors (Lipinski definition) is 1. The number of benzene rings is 2. The zero-order chi connectivity index (χ0) is 17.2. The highest BCUT2D eigenvalue weighted by atomic mass is 35.5. The van der Waals surface area contributed by atoms with Gasteiger partial charge < -0.3 is 9.64 Å². The molecule has 23 heavy (non-hydrogen) atoms. The van der Waals surface area contributed by atoms with Crippen molar-refractivity contribution < 1.29 is 17.5 Å². The minimum Gasteiger partial charge on any atom is -0.457 e. The molecule has 0 aliphatic rings. The molecule has 2 rings (SSSR count). The first-order valence-corrected chi connectivity index (χ1v) is 8.52. The van der Waals surface area contributed by atoms with Crippen molar-refractivity contribution in [2.75, 3.05) is 14.1 Å². The third kappa shape index (κ3) is 4.65. The fourth-order valence-electron chi connectivity index (χ4n) is 1.96. The fraction of sp³-hybridized carbons (Fsp3) is 0.200. The Kier molecular flexibility index (Phi) is 5.26. The third-order valence-electron chi connectivity index (χ3n) is 2.97. The Morgan fingerprint density at radius 2 is 1.91 bits per heavy atom. The number of sulfonamides is 1. The molecule has 0 saturated heterocycles. The summed E-state index contributed by atoms with van der Waals surface area (Å²) in [6.07, 6.45) is 0. The van der Waals surface area contributed by atoms with Crippen LogP contribution in [0.25, 0.3) is 0 Å². The maximum Gasteiger partial charge on any atom is 0.238 e. The van der Waals surface area contributed by atoms with E-state index in [1.54, 1.807) is 0 Å². The molecular formula is C15H16ClFN2O3S. The SMILES string of the molecule is CN(C)Cc1cc(S(N)(=O)=O)ccc1Oc1ccc(F)c(Cl)c1. The van der Waals surface area contributed by atoms with Gasteiger partial charge >= 0.3 is 0 Å². The zero-order valence-corrected chi connectivity index (χ0v) is 14.2. The monoisotopic (exact) mass is 358 g/mol. The molecule has 5 nitrogen and oxygen atoms in total. The smallest absolute Gasteiger partial charge is 0.238 e. The quantitative estimate of drug-likeness (QED) is 0.891. The molecule has 0 unspecified atom stereocenters. The summed E-state index contributed by atoms with van der Waals surface area (Å²) in [7, 11) is -0.137. The van der Waals surface area contributed by atoms with Crippen LogP contribution in [0.15, 0.2) is 41.3 Å². The predicted molar refractivity (Wildman–Crippen MR) is 86.7 cm³/mol. The summed E-state index contributed by atoms with van der Waals surface area (Å²) in [5, 5.41) is 5.10. The van der Waals surface area contributed by atoms with Gasteiger partial charge in [0.05, 0.1) is 9.92 Å². The molecule has 0 saturated carbocycles. The van der Waals surface area contributed by atoms with Crippen molar-refractivity contribution in [1.29, 1.82) is 0 Å². The molecule has 2 aromatic carbocycles. The molecule has 0 aliphatic heterocycles. The lowest BCUT2D eigenvalue weighted by atomic mass is 10.2. The van der Waals surface area contributed by atoms with E-state index >= 15 is 0 Å². The average Bonchev–Trinajstić information content (AvgIpc) is 2.43. The lowest BCUT2D eigenvalue weighted by Crippen LogP contribution is -2.15. The van der Waals surface area contributed by atoms with Crippen LogP contribution in [0.4, 0.5) is 4.39 Å². The highest BCUT2D eigenvalue weighted by Crippen LogP contribution is 2.30. The first-order chi connectivity index (χ1) is 10.7. The number of rotatable bonds is 5. The van der Waals surface area contributed by atoms with Crippen molar-refractivity contribution in [2.45, 2.75) is 11.4 Å². The number of halogens is 2. The maximum atomic E-state index is 13.2. The van der Waals surface area contributed by atoms with Crippen LogP contribution in [-0.2, 0) is 16.6 Å². The third-order valence-corrected chi connectivity index (χ3v) is 4.17. The molecule has 0 radical (unpaired) electrons. The minimum atomic E-state index is -3.81. The first kappa shape index (κ1) is 17.7. The van der Waals surface area contributed by atoms with E-state index in [1.165, 1.54) is 36.4 Å². The average molecular weight is 359 g/mol. The van der Waals surface area contributed by atoms with Crippen LogP contribution in [0.5, 0.6) is 11.5 Å².